The molecular formula is C44H108Cl2N4O8S2Si2-2. The lowest BCUT2D eigenvalue weighted by atomic mass is 10.1. The Bertz CT molecular complexity index is 1130. The minimum absolute atomic E-state index is 0. The fourth-order valence-electron chi connectivity index (χ4n) is 4.61. The second-order valence-corrected chi connectivity index (χ2v) is 30.5. The number of unbranched alkanes of at least 4 members (excludes halogenated alkanes) is 12. The minimum atomic E-state index is -4.47. The molecule has 0 fully saturated rings. The van der Waals surface area contributed by atoms with Crippen molar-refractivity contribution >= 4 is 47.6 Å². The van der Waals surface area contributed by atoms with Crippen LogP contribution in [0.4, 0.5) is 0 Å². The van der Waals surface area contributed by atoms with E-state index in [0.29, 0.717) is 6.42 Å². The predicted octanol–water partition coefficient (Wildman–Crippen LogP) is 11.1. The van der Waals surface area contributed by atoms with Crippen LogP contribution in [0, 0.1) is 0 Å². The van der Waals surface area contributed by atoms with Crippen molar-refractivity contribution in [1.82, 2.24) is 19.6 Å². The summed E-state index contributed by atoms with van der Waals surface area (Å²) in [6.45, 7) is 25.3. The van der Waals surface area contributed by atoms with E-state index in [2.05, 4.69) is 110 Å². The first-order valence-corrected chi connectivity index (χ1v) is 31.2. The van der Waals surface area contributed by atoms with Crippen molar-refractivity contribution < 1.29 is 46.0 Å². The smallest absolute Gasteiger partial charge is 0.390 e. The monoisotopic (exact) mass is 1010 g/mol. The molecule has 0 bridgehead atoms. The first-order chi connectivity index (χ1) is 25.5. The standard InChI is InChI=1S/C11H26O4SSi.2C8H16N2.C8H18O4S.C3H9ClSi.6CH4.ClH/c1-5-6-7-8-9-10-11-14-16(12,13)15-17(2,3)4;2*1-3-4-5-10-7-6-9(2)8-10;1-2-3-4-5-6-7-8-12-13(9,10)11;1-5(2,3)4;;;;;;;/h5-11H2,1-4H3;2*6-7H,3-5,8H2,1-2H3;2-8H2,1H3,(H,9,10,11);1-3H3;6*1H4;1H/p-2. The Kier molecular flexibility index (Phi) is 70.3. The molecule has 0 unspecified atom stereocenters. The molecular weight excluding hydrogens is 904 g/mol. The Hall–Kier alpha value is -0.566. The molecule has 388 valence electrons. The van der Waals surface area contributed by atoms with Crippen LogP contribution in [0.3, 0.4) is 0 Å². The highest BCUT2D eigenvalue weighted by molar-refractivity contribution is 7.83. The number of hydrogen-bond donors (Lipinski definition) is 0. The van der Waals surface area contributed by atoms with Crippen LogP contribution in [0.5, 0.6) is 0 Å². The van der Waals surface area contributed by atoms with Gasteiger partial charge in [-0.25, -0.2) is 12.6 Å². The summed E-state index contributed by atoms with van der Waals surface area (Å²) in [5, 5.41) is 0. The van der Waals surface area contributed by atoms with Crippen molar-refractivity contribution in [3.63, 3.8) is 0 Å². The van der Waals surface area contributed by atoms with E-state index in [4.69, 9.17) is 19.1 Å². The molecule has 0 aliphatic carbocycles. The van der Waals surface area contributed by atoms with E-state index in [1.807, 2.05) is 19.6 Å². The maximum atomic E-state index is 11.4. The van der Waals surface area contributed by atoms with E-state index >= 15 is 0 Å². The molecule has 62 heavy (non-hydrogen) atoms. The molecule has 0 atom stereocenters. The number of halogens is 2. The van der Waals surface area contributed by atoms with Crippen LogP contribution in [0.2, 0.25) is 39.3 Å². The molecule has 0 radical (unpaired) electrons. The van der Waals surface area contributed by atoms with Gasteiger partial charge in [-0.1, -0.05) is 169 Å². The average Bonchev–Trinajstić information content (AvgIpc) is 3.67. The summed E-state index contributed by atoms with van der Waals surface area (Å²) < 4.78 is 66.5. The highest BCUT2D eigenvalue weighted by atomic mass is 35.6. The van der Waals surface area contributed by atoms with Gasteiger partial charge in [0.15, 0.2) is 0 Å². The maximum Gasteiger partial charge on any atom is 0.390 e. The van der Waals surface area contributed by atoms with Crippen molar-refractivity contribution in [1.29, 1.82) is 0 Å². The van der Waals surface area contributed by atoms with Gasteiger partial charge in [0.1, 0.15) is 7.38 Å². The Morgan fingerprint density at radius 2 is 0.823 bits per heavy atom. The van der Waals surface area contributed by atoms with Crippen molar-refractivity contribution in [2.24, 2.45) is 0 Å². The molecule has 0 aromatic rings. The van der Waals surface area contributed by atoms with Crippen LogP contribution in [0.15, 0.2) is 24.8 Å². The van der Waals surface area contributed by atoms with Crippen molar-refractivity contribution in [2.45, 2.75) is 214 Å². The largest absolute Gasteiger partial charge is 1.00 e. The zero-order chi connectivity index (χ0) is 42.8. The Balaban J connectivity index is -0.0000000686. The summed E-state index contributed by atoms with van der Waals surface area (Å²) in [6.07, 6.45) is 26.6. The molecule has 2 aliphatic rings. The first kappa shape index (κ1) is 84.8. The lowest BCUT2D eigenvalue weighted by Gasteiger charge is -2.17. The summed E-state index contributed by atoms with van der Waals surface area (Å²) in [7, 11) is -7.28. The maximum absolute atomic E-state index is 11.4. The lowest BCUT2D eigenvalue weighted by molar-refractivity contribution is -0.0000275. The summed E-state index contributed by atoms with van der Waals surface area (Å²) in [5.41, 5.74) is 0. The van der Waals surface area contributed by atoms with Gasteiger partial charge in [0.25, 0.3) is 0 Å². The molecule has 12 nitrogen and oxygen atoms in total. The average molecular weight is 1010 g/mol. The van der Waals surface area contributed by atoms with Crippen LogP contribution < -0.4 is 12.4 Å². The van der Waals surface area contributed by atoms with Crippen LogP contribution in [0.1, 0.15) is 175 Å². The minimum Gasteiger partial charge on any atom is -1.00 e. The first-order valence-electron chi connectivity index (χ1n) is 20.6. The third kappa shape index (κ3) is 76.7. The van der Waals surface area contributed by atoms with Crippen molar-refractivity contribution in [2.75, 3.05) is 53.7 Å². The van der Waals surface area contributed by atoms with Gasteiger partial charge in [0, 0.05) is 52.0 Å². The summed E-state index contributed by atoms with van der Waals surface area (Å²) >= 11 is 5.67. The van der Waals surface area contributed by atoms with Crippen LogP contribution in [-0.4, -0.2) is 110 Å². The van der Waals surface area contributed by atoms with Gasteiger partial charge in [0.2, 0.25) is 18.7 Å². The predicted molar refractivity (Wildman–Crippen MR) is 278 cm³/mol. The van der Waals surface area contributed by atoms with E-state index < -0.39 is 36.5 Å². The fourth-order valence-corrected chi connectivity index (χ4v) is 7.89. The van der Waals surface area contributed by atoms with E-state index in [1.54, 1.807) is 0 Å². The van der Waals surface area contributed by atoms with Gasteiger partial charge in [-0.2, -0.15) is 19.5 Å². The Morgan fingerprint density at radius 1 is 0.532 bits per heavy atom. The van der Waals surface area contributed by atoms with Gasteiger partial charge in [-0.3, -0.25) is 8.06 Å². The van der Waals surface area contributed by atoms with Crippen LogP contribution in [0.25, 0.3) is 0 Å². The molecule has 2 rings (SSSR count). The van der Waals surface area contributed by atoms with Gasteiger partial charge in [0.05, 0.1) is 26.6 Å². The van der Waals surface area contributed by atoms with Gasteiger partial charge in [-0.05, 0) is 45.3 Å². The van der Waals surface area contributed by atoms with E-state index in [1.165, 1.54) is 77.3 Å². The third-order valence-electron chi connectivity index (χ3n) is 7.27. The fraction of sp³-hybridized carbons (Fsp3) is 0.909. The van der Waals surface area contributed by atoms with Gasteiger partial charge < -0.3 is 36.6 Å². The van der Waals surface area contributed by atoms with Gasteiger partial charge >= 0.3 is 10.4 Å². The molecule has 0 N–H and O–H groups in total. The zero-order valence-corrected chi connectivity index (χ0v) is 42.6. The number of nitrogens with zero attached hydrogens (tertiary/aromatic N) is 4. The van der Waals surface area contributed by atoms with Gasteiger partial charge in [-0.15, -0.1) is 0 Å². The molecule has 18 heteroatoms. The molecule has 0 aromatic carbocycles. The second-order valence-electron chi connectivity index (χ2n) is 16.0. The summed E-state index contributed by atoms with van der Waals surface area (Å²) in [6, 6.07) is 0. The molecule has 2 heterocycles. The highest BCUT2D eigenvalue weighted by Gasteiger charge is 2.24. The van der Waals surface area contributed by atoms with Crippen molar-refractivity contribution in [3.8, 4) is 0 Å². The number of hydrogen-bond acceptors (Lipinski definition) is 12. The highest BCUT2D eigenvalue weighted by Crippen LogP contribution is 2.12. The van der Waals surface area contributed by atoms with E-state index in [9.17, 15) is 21.4 Å². The van der Waals surface area contributed by atoms with Crippen LogP contribution in [-0.2, 0) is 33.0 Å². The Labute approximate surface area is 403 Å². The quantitative estimate of drug-likeness (QED) is 0.0300. The summed E-state index contributed by atoms with van der Waals surface area (Å²) in [5.74, 6) is 0. The molecule has 0 amide bonds. The summed E-state index contributed by atoms with van der Waals surface area (Å²) in [4.78, 5) is 9.05. The molecule has 0 saturated carbocycles. The van der Waals surface area contributed by atoms with E-state index in [-0.39, 0.29) is 70.2 Å². The topological polar surface area (TPSA) is 132 Å². The van der Waals surface area contributed by atoms with E-state index in [0.717, 1.165) is 45.4 Å². The molecule has 2 aliphatic heterocycles. The molecule has 0 saturated heterocycles. The third-order valence-corrected chi connectivity index (χ3v) is 11.0. The van der Waals surface area contributed by atoms with Crippen LogP contribution >= 0.6 is 11.1 Å². The zero-order valence-electron chi connectivity index (χ0n) is 37.5. The SMILES string of the molecule is C.C.C.C.C.C.CCCCCCCCOS(=O)(=O)O[Si](C)(C)C.CCCCCCCCOS(=O)(=O)[O-].CCCCN1C=CN(C)C1.CCCCN1C=CN(C)C1.C[Si](C)(C)Cl.[Cl-]. The Morgan fingerprint density at radius 3 is 1.08 bits per heavy atom. The molecule has 0 aromatic heterocycles. The second kappa shape index (κ2) is 51.4. The molecule has 0 spiro atoms. The lowest BCUT2D eigenvalue weighted by Crippen LogP contribution is -3.00. The number of rotatable bonds is 24. The van der Waals surface area contributed by atoms with Crippen molar-refractivity contribution in [3.05, 3.63) is 24.8 Å². The normalized spacial score (nSPS) is 12.5.